The maximum atomic E-state index is 12.8. The number of carbonyl (C=O) groups excluding carboxylic acids is 1. The minimum absolute atomic E-state index is 0.225. The number of amides is 1. The lowest BCUT2D eigenvalue weighted by Crippen LogP contribution is -2.60. The van der Waals surface area contributed by atoms with Crippen molar-refractivity contribution in [2.24, 2.45) is 0 Å². The van der Waals surface area contributed by atoms with Gasteiger partial charge in [-0.15, -0.1) is 0 Å². The van der Waals surface area contributed by atoms with Crippen molar-refractivity contribution in [1.82, 2.24) is 5.32 Å². The minimum atomic E-state index is -1.61. The summed E-state index contributed by atoms with van der Waals surface area (Å²) < 4.78 is 11.0. The summed E-state index contributed by atoms with van der Waals surface area (Å²) >= 11 is 0. The Labute approximate surface area is 278 Å². The summed E-state index contributed by atoms with van der Waals surface area (Å²) in [4.78, 5) is 12.8. The summed E-state index contributed by atoms with van der Waals surface area (Å²) in [7, 11) is 0. The van der Waals surface area contributed by atoms with E-state index in [9.17, 15) is 35.4 Å². The summed E-state index contributed by atoms with van der Waals surface area (Å²) in [5.41, 5.74) is 0. The lowest BCUT2D eigenvalue weighted by atomic mass is 9.99. The molecule has 10 heteroatoms. The van der Waals surface area contributed by atoms with Gasteiger partial charge in [-0.1, -0.05) is 122 Å². The van der Waals surface area contributed by atoms with Crippen molar-refractivity contribution in [2.45, 2.75) is 185 Å². The van der Waals surface area contributed by atoms with E-state index in [2.05, 4.69) is 25.2 Å². The zero-order valence-corrected chi connectivity index (χ0v) is 28.7. The molecule has 0 bridgehead atoms. The molecule has 1 saturated heterocycles. The number of hydrogen-bond acceptors (Lipinski definition) is 9. The summed E-state index contributed by atoms with van der Waals surface area (Å²) in [6.45, 7) is 3.49. The third-order valence-corrected chi connectivity index (χ3v) is 8.64. The fraction of sp³-hybridized carbons (Fsp3) is 0.861. The average Bonchev–Trinajstić information content (AvgIpc) is 3.05. The molecule has 0 spiro atoms. The van der Waals surface area contributed by atoms with E-state index in [1.807, 2.05) is 12.2 Å². The van der Waals surface area contributed by atoms with Crippen LogP contribution in [0.5, 0.6) is 0 Å². The van der Waals surface area contributed by atoms with Crippen LogP contribution in [0.1, 0.15) is 136 Å². The first kappa shape index (κ1) is 42.7. The number of aliphatic hydroxyl groups excluding tert-OH is 6. The smallest absolute Gasteiger partial charge is 0.249 e. The fourth-order valence-electron chi connectivity index (χ4n) is 5.51. The first-order chi connectivity index (χ1) is 22.3. The van der Waals surface area contributed by atoms with E-state index in [1.54, 1.807) is 6.08 Å². The van der Waals surface area contributed by atoms with E-state index < -0.39 is 61.5 Å². The van der Waals surface area contributed by atoms with E-state index in [0.29, 0.717) is 6.42 Å². The van der Waals surface area contributed by atoms with E-state index >= 15 is 0 Å². The SMILES string of the molecule is CCCCCC/C=C\CCC(O)C(=O)NC(COC1OC(CO)C(O)C(O)C1O)C(O)/C=C/CCCCCCCCCCCCC. The molecule has 0 aliphatic carbocycles. The number of nitrogens with one attached hydrogen (secondary N) is 1. The Bertz CT molecular complexity index is 793. The van der Waals surface area contributed by atoms with Gasteiger partial charge in [0.1, 0.15) is 30.5 Å². The van der Waals surface area contributed by atoms with Gasteiger partial charge in [0.15, 0.2) is 6.29 Å². The second-order valence-corrected chi connectivity index (χ2v) is 12.8. The van der Waals surface area contributed by atoms with E-state index in [1.165, 1.54) is 77.0 Å². The number of carbonyl (C=O) groups is 1. The van der Waals surface area contributed by atoms with Gasteiger partial charge < -0.3 is 45.4 Å². The Morgan fingerprint density at radius 2 is 1.26 bits per heavy atom. The highest BCUT2D eigenvalue weighted by Crippen LogP contribution is 2.22. The fourth-order valence-corrected chi connectivity index (χ4v) is 5.51. The predicted octanol–water partition coefficient (Wildman–Crippen LogP) is 4.57. The molecule has 1 aliphatic heterocycles. The molecule has 0 radical (unpaired) electrons. The predicted molar refractivity (Wildman–Crippen MR) is 181 cm³/mol. The molecule has 8 unspecified atom stereocenters. The molecule has 1 aliphatic rings. The average molecular weight is 658 g/mol. The molecule has 1 fully saturated rings. The highest BCUT2D eigenvalue weighted by Gasteiger charge is 2.44. The van der Waals surface area contributed by atoms with Crippen molar-refractivity contribution in [3.63, 3.8) is 0 Å². The van der Waals surface area contributed by atoms with Crippen molar-refractivity contribution in [3.8, 4) is 0 Å². The van der Waals surface area contributed by atoms with Gasteiger partial charge in [-0.3, -0.25) is 4.79 Å². The molecule has 0 saturated carbocycles. The van der Waals surface area contributed by atoms with Crippen LogP contribution in [0.4, 0.5) is 0 Å². The van der Waals surface area contributed by atoms with Crippen LogP contribution >= 0.6 is 0 Å². The van der Waals surface area contributed by atoms with Crippen LogP contribution in [0.15, 0.2) is 24.3 Å². The van der Waals surface area contributed by atoms with Crippen molar-refractivity contribution in [2.75, 3.05) is 13.2 Å². The molecule has 1 heterocycles. The lowest BCUT2D eigenvalue weighted by Gasteiger charge is -2.40. The Morgan fingerprint density at radius 3 is 1.85 bits per heavy atom. The van der Waals surface area contributed by atoms with Crippen LogP contribution in [-0.4, -0.2) is 98.7 Å². The molecule has 8 atom stereocenters. The highest BCUT2D eigenvalue weighted by atomic mass is 16.7. The molecule has 46 heavy (non-hydrogen) atoms. The quantitative estimate of drug-likeness (QED) is 0.0471. The van der Waals surface area contributed by atoms with Crippen molar-refractivity contribution in [3.05, 3.63) is 24.3 Å². The number of rotatable bonds is 28. The Balaban J connectivity index is 2.59. The molecule has 1 amide bonds. The van der Waals surface area contributed by atoms with E-state index in [0.717, 1.165) is 32.1 Å². The van der Waals surface area contributed by atoms with Crippen molar-refractivity contribution < 1.29 is 44.9 Å². The maximum Gasteiger partial charge on any atom is 0.249 e. The van der Waals surface area contributed by atoms with Crippen LogP contribution in [0.3, 0.4) is 0 Å². The Morgan fingerprint density at radius 1 is 0.739 bits per heavy atom. The van der Waals surface area contributed by atoms with Gasteiger partial charge in [0.05, 0.1) is 25.4 Å². The normalized spacial score (nSPS) is 24.0. The molecule has 0 aromatic rings. The molecule has 270 valence electrons. The summed E-state index contributed by atoms with van der Waals surface area (Å²) in [5, 5.41) is 64.0. The van der Waals surface area contributed by atoms with E-state index in [-0.39, 0.29) is 13.0 Å². The zero-order valence-electron chi connectivity index (χ0n) is 28.7. The van der Waals surface area contributed by atoms with E-state index in [4.69, 9.17) is 9.47 Å². The number of hydrogen-bond donors (Lipinski definition) is 7. The summed E-state index contributed by atoms with van der Waals surface area (Å²) in [6, 6.07) is -0.989. The first-order valence-corrected chi connectivity index (χ1v) is 18.2. The molecule has 10 nitrogen and oxygen atoms in total. The van der Waals surface area contributed by atoms with Gasteiger partial charge in [-0.2, -0.15) is 0 Å². The van der Waals surface area contributed by atoms with Gasteiger partial charge >= 0.3 is 0 Å². The molecule has 7 N–H and O–H groups in total. The first-order valence-electron chi connectivity index (χ1n) is 18.2. The van der Waals surface area contributed by atoms with Crippen molar-refractivity contribution >= 4 is 5.91 Å². The second kappa shape index (κ2) is 27.6. The molecular weight excluding hydrogens is 590 g/mol. The zero-order chi connectivity index (χ0) is 34.0. The molecule has 0 aromatic heterocycles. The molecular formula is C36H67NO9. The number of ether oxygens (including phenoxy) is 2. The number of allylic oxidation sites excluding steroid dienone is 3. The van der Waals surface area contributed by atoms with Gasteiger partial charge in [0, 0.05) is 0 Å². The van der Waals surface area contributed by atoms with Crippen LogP contribution in [0.25, 0.3) is 0 Å². The van der Waals surface area contributed by atoms with Crippen LogP contribution in [0, 0.1) is 0 Å². The maximum absolute atomic E-state index is 12.8. The van der Waals surface area contributed by atoms with Gasteiger partial charge in [0.25, 0.3) is 0 Å². The van der Waals surface area contributed by atoms with Crippen LogP contribution in [0.2, 0.25) is 0 Å². The standard InChI is InChI=1S/C36H67NO9/c1-3-5-7-9-11-13-14-15-16-17-19-20-22-24-29(39)28(27-45-36-34(43)33(42)32(41)31(26-38)46-36)37-35(44)30(40)25-23-21-18-12-10-8-6-4-2/h18,21-22,24,28-34,36,38-43H,3-17,19-20,23,25-27H2,1-2H3,(H,37,44)/b21-18-,24-22+. The monoisotopic (exact) mass is 657 g/mol. The minimum Gasteiger partial charge on any atom is -0.394 e. The number of unbranched alkanes of at least 4 members (excludes halogenated alkanes) is 15. The topological polar surface area (TPSA) is 169 Å². The van der Waals surface area contributed by atoms with Gasteiger partial charge in [-0.05, 0) is 38.5 Å². The largest absolute Gasteiger partial charge is 0.394 e. The van der Waals surface area contributed by atoms with Crippen LogP contribution in [-0.2, 0) is 14.3 Å². The second-order valence-electron chi connectivity index (χ2n) is 12.8. The highest BCUT2D eigenvalue weighted by molar-refractivity contribution is 5.80. The third-order valence-electron chi connectivity index (χ3n) is 8.64. The van der Waals surface area contributed by atoms with Gasteiger partial charge in [0.2, 0.25) is 5.91 Å². The van der Waals surface area contributed by atoms with Gasteiger partial charge in [-0.25, -0.2) is 0 Å². The Kier molecular flexibility index (Phi) is 25.6. The van der Waals surface area contributed by atoms with Crippen molar-refractivity contribution in [1.29, 1.82) is 0 Å². The molecule has 0 aromatic carbocycles. The lowest BCUT2D eigenvalue weighted by molar-refractivity contribution is -0.302. The van der Waals surface area contributed by atoms with Crippen LogP contribution < -0.4 is 5.32 Å². The third kappa shape index (κ3) is 18.8. The molecule has 1 rings (SSSR count). The number of aliphatic hydroxyl groups is 6. The summed E-state index contributed by atoms with van der Waals surface area (Å²) in [6.07, 6.45) is 18.7. The summed E-state index contributed by atoms with van der Waals surface area (Å²) in [5.74, 6) is -0.656. The Hall–Kier alpha value is -1.37.